The predicted molar refractivity (Wildman–Crippen MR) is 53.0 cm³/mol. The molecule has 2 saturated carbocycles. The molecule has 0 aromatic heterocycles. The Bertz CT molecular complexity index is 253. The van der Waals surface area contributed by atoms with Crippen LogP contribution in [-0.4, -0.2) is 18.5 Å². The average molecular weight is 194 g/mol. The summed E-state index contributed by atoms with van der Waals surface area (Å²) in [4.78, 5) is 12.1. The van der Waals surface area contributed by atoms with Crippen LogP contribution in [0.1, 0.15) is 44.9 Å². The van der Waals surface area contributed by atoms with Crippen LogP contribution in [0.3, 0.4) is 0 Å². The lowest BCUT2D eigenvalue weighted by Gasteiger charge is -2.56. The molecule has 0 unspecified atom stereocenters. The number of rotatable bonds is 0. The zero-order chi connectivity index (χ0) is 9.60. The van der Waals surface area contributed by atoms with Crippen molar-refractivity contribution in [2.75, 3.05) is 6.61 Å². The molecule has 3 fully saturated rings. The maximum absolute atomic E-state index is 12.1. The molecule has 1 heterocycles. The van der Waals surface area contributed by atoms with E-state index in [1.165, 1.54) is 19.3 Å². The lowest BCUT2D eigenvalue weighted by molar-refractivity contribution is -0.198. The van der Waals surface area contributed by atoms with Gasteiger partial charge in [-0.25, -0.2) is 0 Å². The van der Waals surface area contributed by atoms with Gasteiger partial charge in [0.2, 0.25) is 0 Å². The Morgan fingerprint density at radius 3 is 2.71 bits per heavy atom. The SMILES string of the molecule is O=C1[C@H]2CCCO[C@H]2C12CCCCC2. The summed E-state index contributed by atoms with van der Waals surface area (Å²) in [6.07, 6.45) is 8.47. The second-order valence-corrected chi connectivity index (χ2v) is 5.12. The van der Waals surface area contributed by atoms with Crippen LogP contribution in [0, 0.1) is 11.3 Å². The summed E-state index contributed by atoms with van der Waals surface area (Å²) in [6, 6.07) is 0. The number of Topliss-reactive ketones (excluding diaryl/α,β-unsaturated/α-hetero) is 1. The second-order valence-electron chi connectivity index (χ2n) is 5.12. The van der Waals surface area contributed by atoms with E-state index in [0.29, 0.717) is 11.9 Å². The van der Waals surface area contributed by atoms with E-state index in [-0.39, 0.29) is 11.3 Å². The van der Waals surface area contributed by atoms with Crippen LogP contribution in [0.5, 0.6) is 0 Å². The molecule has 0 N–H and O–H groups in total. The van der Waals surface area contributed by atoms with Crippen LogP contribution in [0.2, 0.25) is 0 Å². The van der Waals surface area contributed by atoms with Crippen molar-refractivity contribution in [2.24, 2.45) is 11.3 Å². The van der Waals surface area contributed by atoms with Crippen molar-refractivity contribution < 1.29 is 9.53 Å². The van der Waals surface area contributed by atoms with Gasteiger partial charge >= 0.3 is 0 Å². The molecular weight excluding hydrogens is 176 g/mol. The van der Waals surface area contributed by atoms with Crippen LogP contribution in [0.25, 0.3) is 0 Å². The minimum absolute atomic E-state index is 0.0106. The molecule has 3 rings (SSSR count). The summed E-state index contributed by atoms with van der Waals surface area (Å²) in [7, 11) is 0. The van der Waals surface area contributed by atoms with E-state index >= 15 is 0 Å². The van der Waals surface area contributed by atoms with E-state index in [9.17, 15) is 4.79 Å². The van der Waals surface area contributed by atoms with Gasteiger partial charge in [-0.1, -0.05) is 19.3 Å². The molecule has 1 spiro atoms. The molecule has 14 heavy (non-hydrogen) atoms. The zero-order valence-electron chi connectivity index (χ0n) is 8.63. The highest BCUT2D eigenvalue weighted by Crippen LogP contribution is 2.55. The Hall–Kier alpha value is -0.370. The second kappa shape index (κ2) is 3.06. The molecule has 2 atom stereocenters. The Balaban J connectivity index is 1.82. The quantitative estimate of drug-likeness (QED) is 0.591. The number of carbonyl (C=O) groups excluding carboxylic acids is 1. The summed E-state index contributed by atoms with van der Waals surface area (Å²) in [6.45, 7) is 0.885. The van der Waals surface area contributed by atoms with Gasteiger partial charge in [0.15, 0.2) is 0 Å². The van der Waals surface area contributed by atoms with Crippen LogP contribution in [0.4, 0.5) is 0 Å². The van der Waals surface area contributed by atoms with Gasteiger partial charge in [-0.15, -0.1) is 0 Å². The van der Waals surface area contributed by atoms with Crippen molar-refractivity contribution in [1.29, 1.82) is 0 Å². The molecule has 1 aliphatic heterocycles. The summed E-state index contributed by atoms with van der Waals surface area (Å²) in [5.74, 6) is 0.823. The van der Waals surface area contributed by atoms with Crippen LogP contribution >= 0.6 is 0 Å². The number of carbonyl (C=O) groups is 1. The van der Waals surface area contributed by atoms with Gasteiger partial charge in [-0.2, -0.15) is 0 Å². The highest BCUT2D eigenvalue weighted by atomic mass is 16.5. The molecule has 1 saturated heterocycles. The molecule has 3 aliphatic rings. The Kier molecular flexibility index (Phi) is 1.94. The van der Waals surface area contributed by atoms with Gasteiger partial charge in [0, 0.05) is 12.5 Å². The lowest BCUT2D eigenvalue weighted by Crippen LogP contribution is -2.64. The van der Waals surface area contributed by atoms with E-state index in [0.717, 1.165) is 32.3 Å². The van der Waals surface area contributed by atoms with E-state index in [1.807, 2.05) is 0 Å². The van der Waals surface area contributed by atoms with Gasteiger partial charge < -0.3 is 4.74 Å². The van der Waals surface area contributed by atoms with Crippen LogP contribution in [-0.2, 0) is 9.53 Å². The molecular formula is C12H18O2. The van der Waals surface area contributed by atoms with Gasteiger partial charge in [-0.3, -0.25) is 4.79 Å². The maximum atomic E-state index is 12.1. The molecule has 0 bridgehead atoms. The predicted octanol–water partition coefficient (Wildman–Crippen LogP) is 2.31. The van der Waals surface area contributed by atoms with E-state index in [4.69, 9.17) is 4.74 Å². The Labute approximate surface area is 85.0 Å². The van der Waals surface area contributed by atoms with Crippen molar-refractivity contribution in [3.8, 4) is 0 Å². The average Bonchev–Trinajstić information content (AvgIpc) is 2.30. The topological polar surface area (TPSA) is 26.3 Å². The molecule has 78 valence electrons. The van der Waals surface area contributed by atoms with E-state index < -0.39 is 0 Å². The van der Waals surface area contributed by atoms with Crippen molar-refractivity contribution in [3.05, 3.63) is 0 Å². The Morgan fingerprint density at radius 2 is 1.93 bits per heavy atom. The molecule has 0 aromatic carbocycles. The molecule has 2 nitrogen and oxygen atoms in total. The Morgan fingerprint density at radius 1 is 1.14 bits per heavy atom. The number of ketones is 1. The molecule has 0 amide bonds. The fourth-order valence-corrected chi connectivity index (χ4v) is 3.72. The first-order valence-electron chi connectivity index (χ1n) is 6.00. The third-order valence-corrected chi connectivity index (χ3v) is 4.44. The van der Waals surface area contributed by atoms with Gasteiger partial charge in [0.05, 0.1) is 11.5 Å². The van der Waals surface area contributed by atoms with Gasteiger partial charge in [0.1, 0.15) is 5.78 Å². The standard InChI is InChI=1S/C12H18O2/c13-10-9-5-4-8-14-11(9)12(10)6-2-1-3-7-12/h9,11H,1-8H2/t9-,11-/m1/s1. The van der Waals surface area contributed by atoms with E-state index in [2.05, 4.69) is 0 Å². The summed E-state index contributed by atoms with van der Waals surface area (Å²) in [5.41, 5.74) is -0.0106. The van der Waals surface area contributed by atoms with Crippen molar-refractivity contribution in [2.45, 2.75) is 51.0 Å². The van der Waals surface area contributed by atoms with Crippen molar-refractivity contribution in [1.82, 2.24) is 0 Å². The summed E-state index contributed by atoms with van der Waals surface area (Å²) >= 11 is 0. The monoisotopic (exact) mass is 194 g/mol. The zero-order valence-corrected chi connectivity index (χ0v) is 8.63. The van der Waals surface area contributed by atoms with Crippen LogP contribution < -0.4 is 0 Å². The first-order chi connectivity index (χ1) is 6.84. The molecule has 2 heteroatoms. The van der Waals surface area contributed by atoms with Crippen molar-refractivity contribution in [3.63, 3.8) is 0 Å². The number of fused-ring (bicyclic) bond motifs is 2. The number of ether oxygens (including phenoxy) is 1. The normalized spacial score (nSPS) is 40.4. The number of hydrogen-bond donors (Lipinski definition) is 0. The minimum atomic E-state index is -0.0106. The highest BCUT2D eigenvalue weighted by molar-refractivity contribution is 5.95. The number of hydrogen-bond acceptors (Lipinski definition) is 2. The lowest BCUT2D eigenvalue weighted by atomic mass is 9.51. The largest absolute Gasteiger partial charge is 0.376 e. The fourth-order valence-electron chi connectivity index (χ4n) is 3.72. The minimum Gasteiger partial charge on any atom is -0.376 e. The molecule has 0 radical (unpaired) electrons. The first-order valence-corrected chi connectivity index (χ1v) is 6.00. The van der Waals surface area contributed by atoms with Crippen LogP contribution in [0.15, 0.2) is 0 Å². The van der Waals surface area contributed by atoms with Crippen molar-refractivity contribution >= 4 is 5.78 Å². The third-order valence-electron chi connectivity index (χ3n) is 4.44. The van der Waals surface area contributed by atoms with Gasteiger partial charge in [-0.05, 0) is 25.7 Å². The summed E-state index contributed by atoms with van der Waals surface area (Å²) in [5, 5.41) is 0. The summed E-state index contributed by atoms with van der Waals surface area (Å²) < 4.78 is 5.82. The smallest absolute Gasteiger partial charge is 0.147 e. The third kappa shape index (κ3) is 0.979. The molecule has 0 aromatic rings. The van der Waals surface area contributed by atoms with Gasteiger partial charge in [0.25, 0.3) is 0 Å². The highest BCUT2D eigenvalue weighted by Gasteiger charge is 2.62. The van der Waals surface area contributed by atoms with E-state index in [1.54, 1.807) is 0 Å². The maximum Gasteiger partial charge on any atom is 0.147 e. The fraction of sp³-hybridized carbons (Fsp3) is 0.917. The molecule has 2 aliphatic carbocycles. The first kappa shape index (κ1) is 8.90.